The van der Waals surface area contributed by atoms with Crippen molar-refractivity contribution in [2.45, 2.75) is 52.4 Å². The van der Waals surface area contributed by atoms with E-state index in [0.29, 0.717) is 5.92 Å². The standard InChI is InChI=1S/C13H20S/c1-4-10-5-6-12-11(7-10)8-13(14-12)9(2)3/h8-10H,4-7H2,1-3H3. The summed E-state index contributed by atoms with van der Waals surface area (Å²) < 4.78 is 0. The summed E-state index contributed by atoms with van der Waals surface area (Å²) in [6, 6.07) is 2.46. The lowest BCUT2D eigenvalue weighted by Gasteiger charge is -2.20. The van der Waals surface area contributed by atoms with E-state index in [9.17, 15) is 0 Å². The molecule has 0 bridgehead atoms. The molecule has 1 aromatic rings. The molecular weight excluding hydrogens is 188 g/mol. The van der Waals surface area contributed by atoms with Crippen molar-refractivity contribution in [2.24, 2.45) is 5.92 Å². The summed E-state index contributed by atoms with van der Waals surface area (Å²) in [6.07, 6.45) is 5.45. The summed E-state index contributed by atoms with van der Waals surface area (Å²) in [6.45, 7) is 6.93. The lowest BCUT2D eigenvalue weighted by Crippen LogP contribution is -2.10. The van der Waals surface area contributed by atoms with E-state index in [4.69, 9.17) is 0 Å². The van der Waals surface area contributed by atoms with E-state index in [2.05, 4.69) is 38.2 Å². The molecule has 1 aromatic heterocycles. The third-order valence-corrected chi connectivity index (χ3v) is 4.89. The maximum absolute atomic E-state index is 2.46. The zero-order chi connectivity index (χ0) is 10.1. The van der Waals surface area contributed by atoms with Crippen LogP contribution in [0.2, 0.25) is 0 Å². The Labute approximate surface area is 91.4 Å². The molecule has 0 radical (unpaired) electrons. The molecule has 1 aliphatic carbocycles. The van der Waals surface area contributed by atoms with E-state index < -0.39 is 0 Å². The number of aryl methyl sites for hydroxylation is 1. The first-order chi connectivity index (χ1) is 6.70. The minimum Gasteiger partial charge on any atom is -0.145 e. The molecule has 2 rings (SSSR count). The summed E-state index contributed by atoms with van der Waals surface area (Å²) in [5.41, 5.74) is 1.66. The molecule has 0 spiro atoms. The van der Waals surface area contributed by atoms with Gasteiger partial charge in [0.15, 0.2) is 0 Å². The Morgan fingerprint density at radius 2 is 2.29 bits per heavy atom. The lowest BCUT2D eigenvalue weighted by molar-refractivity contribution is 0.449. The third-order valence-electron chi connectivity index (χ3n) is 3.35. The molecule has 0 fully saturated rings. The van der Waals surface area contributed by atoms with E-state index in [1.165, 1.54) is 25.7 Å². The van der Waals surface area contributed by atoms with Gasteiger partial charge in [-0.05, 0) is 42.7 Å². The zero-order valence-electron chi connectivity index (χ0n) is 9.47. The van der Waals surface area contributed by atoms with E-state index >= 15 is 0 Å². The Balaban J connectivity index is 2.21. The molecule has 78 valence electrons. The van der Waals surface area contributed by atoms with Crippen molar-refractivity contribution in [3.05, 3.63) is 21.4 Å². The molecule has 1 heteroatoms. The maximum Gasteiger partial charge on any atom is 0.00804 e. The molecule has 0 amide bonds. The summed E-state index contributed by atoms with van der Waals surface area (Å²) in [7, 11) is 0. The Hall–Kier alpha value is -0.300. The Bertz CT molecular complexity index is 309. The van der Waals surface area contributed by atoms with Gasteiger partial charge in [-0.2, -0.15) is 0 Å². The molecule has 1 heterocycles. The summed E-state index contributed by atoms with van der Waals surface area (Å²) in [5.74, 6) is 1.67. The van der Waals surface area contributed by atoms with Crippen molar-refractivity contribution >= 4 is 11.3 Å². The average molecular weight is 208 g/mol. The maximum atomic E-state index is 2.46. The SMILES string of the molecule is CCC1CCc2sc(C(C)C)cc2C1. The highest BCUT2D eigenvalue weighted by Gasteiger charge is 2.20. The third kappa shape index (κ3) is 1.88. The van der Waals surface area contributed by atoms with E-state index in [1.54, 1.807) is 15.3 Å². The molecule has 1 unspecified atom stereocenters. The zero-order valence-corrected chi connectivity index (χ0v) is 10.3. The van der Waals surface area contributed by atoms with E-state index in [-0.39, 0.29) is 0 Å². The van der Waals surface area contributed by atoms with Crippen molar-refractivity contribution in [1.82, 2.24) is 0 Å². The monoisotopic (exact) mass is 208 g/mol. The molecule has 0 saturated heterocycles. The van der Waals surface area contributed by atoms with Crippen molar-refractivity contribution in [1.29, 1.82) is 0 Å². The smallest absolute Gasteiger partial charge is 0.00804 e. The van der Waals surface area contributed by atoms with Crippen molar-refractivity contribution < 1.29 is 0 Å². The lowest BCUT2D eigenvalue weighted by atomic mass is 9.86. The van der Waals surface area contributed by atoms with Gasteiger partial charge in [-0.15, -0.1) is 11.3 Å². The average Bonchev–Trinajstić information content (AvgIpc) is 2.59. The van der Waals surface area contributed by atoms with Crippen LogP contribution in [0, 0.1) is 5.92 Å². The topological polar surface area (TPSA) is 0 Å². The van der Waals surface area contributed by atoms with E-state index in [0.717, 1.165) is 5.92 Å². The number of hydrogen-bond donors (Lipinski definition) is 0. The van der Waals surface area contributed by atoms with Crippen LogP contribution in [0.4, 0.5) is 0 Å². The highest BCUT2D eigenvalue weighted by molar-refractivity contribution is 7.12. The normalized spacial score (nSPS) is 21.3. The fraction of sp³-hybridized carbons (Fsp3) is 0.692. The first kappa shape index (κ1) is 10.2. The van der Waals surface area contributed by atoms with Gasteiger partial charge in [-0.3, -0.25) is 0 Å². The molecule has 0 aliphatic heterocycles. The molecule has 14 heavy (non-hydrogen) atoms. The van der Waals surface area contributed by atoms with Crippen LogP contribution in [0.15, 0.2) is 6.07 Å². The van der Waals surface area contributed by atoms with Gasteiger partial charge in [0.05, 0.1) is 0 Å². The Kier molecular flexibility index (Phi) is 2.96. The molecule has 0 N–H and O–H groups in total. The van der Waals surface area contributed by atoms with Crippen LogP contribution in [-0.4, -0.2) is 0 Å². The van der Waals surface area contributed by atoms with Crippen LogP contribution in [0.5, 0.6) is 0 Å². The molecule has 0 aromatic carbocycles. The van der Waals surface area contributed by atoms with Gasteiger partial charge < -0.3 is 0 Å². The predicted octanol–water partition coefficient (Wildman–Crippen LogP) is 4.39. The van der Waals surface area contributed by atoms with Crippen molar-refractivity contribution in [3.63, 3.8) is 0 Å². The first-order valence-electron chi connectivity index (χ1n) is 5.82. The van der Waals surface area contributed by atoms with Crippen LogP contribution in [0.1, 0.15) is 54.8 Å². The number of rotatable bonds is 2. The van der Waals surface area contributed by atoms with Gasteiger partial charge in [0, 0.05) is 9.75 Å². The largest absolute Gasteiger partial charge is 0.145 e. The highest BCUT2D eigenvalue weighted by Crippen LogP contribution is 2.36. The summed E-state index contributed by atoms with van der Waals surface area (Å²) in [5, 5.41) is 0. The Morgan fingerprint density at radius 3 is 2.93 bits per heavy atom. The quantitative estimate of drug-likeness (QED) is 0.676. The fourth-order valence-corrected chi connectivity index (χ4v) is 3.47. The van der Waals surface area contributed by atoms with Gasteiger partial charge in [0.25, 0.3) is 0 Å². The van der Waals surface area contributed by atoms with Gasteiger partial charge in [0.1, 0.15) is 0 Å². The van der Waals surface area contributed by atoms with Crippen LogP contribution in [0.25, 0.3) is 0 Å². The van der Waals surface area contributed by atoms with Crippen LogP contribution < -0.4 is 0 Å². The molecule has 0 saturated carbocycles. The second-order valence-electron chi connectivity index (χ2n) is 4.77. The van der Waals surface area contributed by atoms with Crippen LogP contribution >= 0.6 is 11.3 Å². The van der Waals surface area contributed by atoms with Gasteiger partial charge in [0.2, 0.25) is 0 Å². The number of thiophene rings is 1. The van der Waals surface area contributed by atoms with Gasteiger partial charge >= 0.3 is 0 Å². The minimum atomic E-state index is 0.714. The molecule has 1 atom stereocenters. The fourth-order valence-electron chi connectivity index (χ4n) is 2.26. The Morgan fingerprint density at radius 1 is 1.50 bits per heavy atom. The van der Waals surface area contributed by atoms with Crippen LogP contribution in [0.3, 0.4) is 0 Å². The summed E-state index contributed by atoms with van der Waals surface area (Å²) in [4.78, 5) is 3.27. The van der Waals surface area contributed by atoms with E-state index in [1.807, 2.05) is 0 Å². The van der Waals surface area contributed by atoms with Gasteiger partial charge in [-0.1, -0.05) is 27.2 Å². The second-order valence-corrected chi connectivity index (χ2v) is 5.94. The minimum absolute atomic E-state index is 0.714. The first-order valence-corrected chi connectivity index (χ1v) is 6.63. The van der Waals surface area contributed by atoms with Crippen molar-refractivity contribution in [2.75, 3.05) is 0 Å². The number of hydrogen-bond acceptors (Lipinski definition) is 1. The van der Waals surface area contributed by atoms with Crippen LogP contribution in [-0.2, 0) is 12.8 Å². The highest BCUT2D eigenvalue weighted by atomic mass is 32.1. The molecular formula is C13H20S. The molecule has 0 nitrogen and oxygen atoms in total. The molecule has 1 aliphatic rings. The van der Waals surface area contributed by atoms with Gasteiger partial charge in [-0.25, -0.2) is 0 Å². The predicted molar refractivity (Wildman–Crippen MR) is 64.2 cm³/mol. The number of fused-ring (bicyclic) bond motifs is 1. The van der Waals surface area contributed by atoms with Crippen molar-refractivity contribution in [3.8, 4) is 0 Å². The summed E-state index contributed by atoms with van der Waals surface area (Å²) >= 11 is 2.06. The second kappa shape index (κ2) is 4.06.